The molecule has 1 saturated heterocycles. The lowest BCUT2D eigenvalue weighted by Crippen LogP contribution is -2.39. The zero-order valence-corrected chi connectivity index (χ0v) is 9.36. The maximum Gasteiger partial charge on any atom is 0.407 e. The molecule has 0 aromatic carbocycles. The van der Waals surface area contributed by atoms with Crippen LogP contribution in [0.5, 0.6) is 0 Å². The number of halogens is 1. The number of alkyl carbamates (subject to hydrolysis) is 1. The molecule has 2 N–H and O–H groups in total. The van der Waals surface area contributed by atoms with E-state index in [2.05, 4.69) is 10.6 Å². The zero-order chi connectivity index (χ0) is 9.52. The van der Waals surface area contributed by atoms with Gasteiger partial charge in [0.2, 0.25) is 0 Å². The minimum absolute atomic E-state index is 0. The molecule has 1 heterocycles. The fourth-order valence-electron chi connectivity index (χ4n) is 1.44. The first-order valence-corrected chi connectivity index (χ1v) is 4.97. The van der Waals surface area contributed by atoms with Gasteiger partial charge in [0.05, 0.1) is 0 Å². The van der Waals surface area contributed by atoms with E-state index in [9.17, 15) is 4.79 Å². The molecule has 1 rings (SSSR count). The van der Waals surface area contributed by atoms with Crippen LogP contribution in [-0.2, 0) is 4.74 Å². The number of carbonyl (C=O) groups is 1. The van der Waals surface area contributed by atoms with E-state index in [1.807, 2.05) is 6.92 Å². The summed E-state index contributed by atoms with van der Waals surface area (Å²) in [6.45, 7) is 4.03. The molecule has 1 amide bonds. The van der Waals surface area contributed by atoms with Gasteiger partial charge in [-0.25, -0.2) is 4.79 Å². The van der Waals surface area contributed by atoms with E-state index in [0.29, 0.717) is 19.2 Å². The lowest BCUT2D eigenvalue weighted by molar-refractivity contribution is 0.128. The number of piperidine rings is 1. The fraction of sp³-hybridized carbons (Fsp3) is 0.889. The van der Waals surface area contributed by atoms with Gasteiger partial charge in [-0.2, -0.15) is 0 Å². The van der Waals surface area contributed by atoms with Crippen molar-refractivity contribution < 1.29 is 9.53 Å². The highest BCUT2D eigenvalue weighted by Crippen LogP contribution is 2.06. The van der Waals surface area contributed by atoms with Gasteiger partial charge in [0.25, 0.3) is 0 Å². The summed E-state index contributed by atoms with van der Waals surface area (Å²) in [5.74, 6) is 0. The first-order chi connectivity index (χ1) is 6.33. The SMILES string of the molecule is CCNC(=O)OCC1CCCCN1.Cl. The minimum Gasteiger partial charge on any atom is -0.448 e. The molecule has 0 aromatic heterocycles. The molecule has 0 bridgehead atoms. The normalized spacial score (nSPS) is 20.8. The van der Waals surface area contributed by atoms with Crippen LogP contribution in [0.3, 0.4) is 0 Å². The van der Waals surface area contributed by atoms with Gasteiger partial charge in [-0.1, -0.05) is 6.42 Å². The molecule has 5 heteroatoms. The number of nitrogens with one attached hydrogen (secondary N) is 2. The van der Waals surface area contributed by atoms with Crippen LogP contribution in [0, 0.1) is 0 Å². The van der Waals surface area contributed by atoms with Crippen LogP contribution in [0.1, 0.15) is 26.2 Å². The summed E-state index contributed by atoms with van der Waals surface area (Å²) in [6.07, 6.45) is 3.27. The molecule has 4 nitrogen and oxygen atoms in total. The minimum atomic E-state index is -0.310. The Bertz CT molecular complexity index is 161. The second-order valence-electron chi connectivity index (χ2n) is 3.28. The van der Waals surface area contributed by atoms with Crippen molar-refractivity contribution >= 4 is 18.5 Å². The van der Waals surface area contributed by atoms with Crippen molar-refractivity contribution in [1.82, 2.24) is 10.6 Å². The molecule has 0 radical (unpaired) electrons. The van der Waals surface area contributed by atoms with Gasteiger partial charge < -0.3 is 15.4 Å². The highest BCUT2D eigenvalue weighted by Gasteiger charge is 2.13. The number of hydrogen-bond donors (Lipinski definition) is 2. The van der Waals surface area contributed by atoms with Crippen molar-refractivity contribution in [2.45, 2.75) is 32.2 Å². The third kappa shape index (κ3) is 5.29. The summed E-state index contributed by atoms with van der Waals surface area (Å²) in [5.41, 5.74) is 0. The molecule has 1 atom stereocenters. The second-order valence-corrected chi connectivity index (χ2v) is 3.28. The third-order valence-electron chi connectivity index (χ3n) is 2.15. The average Bonchev–Trinajstić information content (AvgIpc) is 2.17. The highest BCUT2D eigenvalue weighted by molar-refractivity contribution is 5.85. The number of hydrogen-bond acceptors (Lipinski definition) is 3. The largest absolute Gasteiger partial charge is 0.448 e. The second kappa shape index (κ2) is 7.88. The third-order valence-corrected chi connectivity index (χ3v) is 2.15. The Morgan fingerprint density at radius 1 is 1.57 bits per heavy atom. The van der Waals surface area contributed by atoms with Gasteiger partial charge >= 0.3 is 6.09 Å². The summed E-state index contributed by atoms with van der Waals surface area (Å²) in [5, 5.41) is 5.91. The van der Waals surface area contributed by atoms with E-state index in [1.54, 1.807) is 0 Å². The maximum absolute atomic E-state index is 10.9. The van der Waals surface area contributed by atoms with Gasteiger partial charge in [0.15, 0.2) is 0 Å². The maximum atomic E-state index is 10.9. The Hall–Kier alpha value is -0.480. The highest BCUT2D eigenvalue weighted by atomic mass is 35.5. The number of amides is 1. The van der Waals surface area contributed by atoms with Crippen LogP contribution in [0.2, 0.25) is 0 Å². The zero-order valence-electron chi connectivity index (χ0n) is 8.54. The van der Waals surface area contributed by atoms with Crippen LogP contribution in [0.25, 0.3) is 0 Å². The van der Waals surface area contributed by atoms with E-state index in [1.165, 1.54) is 12.8 Å². The van der Waals surface area contributed by atoms with Crippen molar-refractivity contribution in [2.24, 2.45) is 0 Å². The van der Waals surface area contributed by atoms with Crippen LogP contribution in [-0.4, -0.2) is 31.8 Å². The Morgan fingerprint density at radius 3 is 2.93 bits per heavy atom. The molecule has 0 spiro atoms. The van der Waals surface area contributed by atoms with Gasteiger partial charge in [0.1, 0.15) is 6.61 Å². The smallest absolute Gasteiger partial charge is 0.407 e. The quantitative estimate of drug-likeness (QED) is 0.757. The van der Waals surface area contributed by atoms with E-state index in [0.717, 1.165) is 13.0 Å². The van der Waals surface area contributed by atoms with Crippen molar-refractivity contribution in [3.8, 4) is 0 Å². The molecule has 14 heavy (non-hydrogen) atoms. The fourth-order valence-corrected chi connectivity index (χ4v) is 1.44. The van der Waals surface area contributed by atoms with E-state index in [-0.39, 0.29) is 18.5 Å². The standard InChI is InChI=1S/C9H18N2O2.ClH/c1-2-10-9(12)13-7-8-5-3-4-6-11-8;/h8,11H,2-7H2,1H3,(H,10,12);1H. The molecular formula is C9H19ClN2O2. The van der Waals surface area contributed by atoms with Crippen molar-refractivity contribution in [1.29, 1.82) is 0 Å². The first kappa shape index (κ1) is 13.5. The molecule has 84 valence electrons. The Balaban J connectivity index is 0.00000169. The molecule has 0 aliphatic carbocycles. The average molecular weight is 223 g/mol. The lowest BCUT2D eigenvalue weighted by Gasteiger charge is -2.22. The summed E-state index contributed by atoms with van der Waals surface area (Å²) < 4.78 is 5.01. The van der Waals surface area contributed by atoms with Gasteiger partial charge in [-0.05, 0) is 26.3 Å². The van der Waals surface area contributed by atoms with Crippen LogP contribution in [0.4, 0.5) is 4.79 Å². The predicted octanol–water partition coefficient (Wildman–Crippen LogP) is 1.30. The van der Waals surface area contributed by atoms with E-state index < -0.39 is 0 Å². The summed E-state index contributed by atoms with van der Waals surface area (Å²) in [4.78, 5) is 10.9. The van der Waals surface area contributed by atoms with Gasteiger partial charge in [-0.3, -0.25) is 0 Å². The summed E-state index contributed by atoms with van der Waals surface area (Å²) >= 11 is 0. The summed E-state index contributed by atoms with van der Waals surface area (Å²) in [6, 6.07) is 0.358. The van der Waals surface area contributed by atoms with Crippen LogP contribution in [0.15, 0.2) is 0 Å². The Kier molecular flexibility index (Phi) is 7.61. The molecule has 1 fully saturated rings. The monoisotopic (exact) mass is 222 g/mol. The molecule has 1 unspecified atom stereocenters. The van der Waals surface area contributed by atoms with Gasteiger partial charge in [0, 0.05) is 12.6 Å². The van der Waals surface area contributed by atoms with Crippen molar-refractivity contribution in [2.75, 3.05) is 19.7 Å². The summed E-state index contributed by atoms with van der Waals surface area (Å²) in [7, 11) is 0. The van der Waals surface area contributed by atoms with Crippen molar-refractivity contribution in [3.63, 3.8) is 0 Å². The molecule has 1 aliphatic heterocycles. The van der Waals surface area contributed by atoms with Gasteiger partial charge in [-0.15, -0.1) is 12.4 Å². The molecular weight excluding hydrogens is 204 g/mol. The van der Waals surface area contributed by atoms with E-state index >= 15 is 0 Å². The van der Waals surface area contributed by atoms with E-state index in [4.69, 9.17) is 4.74 Å². The molecule has 0 saturated carbocycles. The van der Waals surface area contributed by atoms with Crippen LogP contribution >= 0.6 is 12.4 Å². The van der Waals surface area contributed by atoms with Crippen LogP contribution < -0.4 is 10.6 Å². The van der Waals surface area contributed by atoms with Crippen molar-refractivity contribution in [3.05, 3.63) is 0 Å². The number of ether oxygens (including phenoxy) is 1. The topological polar surface area (TPSA) is 50.4 Å². The Labute approximate surface area is 91.2 Å². The molecule has 1 aliphatic rings. The lowest BCUT2D eigenvalue weighted by atomic mass is 10.1. The number of carbonyl (C=O) groups excluding carboxylic acids is 1. The Morgan fingerprint density at radius 2 is 2.36 bits per heavy atom. The predicted molar refractivity (Wildman–Crippen MR) is 57.9 cm³/mol. The molecule has 0 aromatic rings. The number of rotatable bonds is 3. The first-order valence-electron chi connectivity index (χ1n) is 4.97.